The van der Waals surface area contributed by atoms with Gasteiger partial charge >= 0.3 is 0 Å². The van der Waals surface area contributed by atoms with Gasteiger partial charge in [-0.2, -0.15) is 5.26 Å². The van der Waals surface area contributed by atoms with Gasteiger partial charge in [0.15, 0.2) is 0 Å². The van der Waals surface area contributed by atoms with Crippen molar-refractivity contribution in [2.75, 3.05) is 0 Å². The lowest BCUT2D eigenvalue weighted by Crippen LogP contribution is -1.96. The molecule has 0 amide bonds. The standard InChI is InChI=1S/C14H10BrClN2O/c1-8-5-14(11(7-17)9(2)18-8)19-13-4-3-10(15)6-12(13)16/h3-6H,1-2H3. The molecule has 5 heteroatoms. The van der Waals surface area contributed by atoms with E-state index in [4.69, 9.17) is 16.3 Å². The Bertz CT molecular complexity index is 680. The molecule has 0 saturated heterocycles. The molecular weight excluding hydrogens is 328 g/mol. The maximum Gasteiger partial charge on any atom is 0.148 e. The molecule has 0 aliphatic heterocycles. The zero-order valence-electron chi connectivity index (χ0n) is 10.4. The van der Waals surface area contributed by atoms with Crippen LogP contribution in [-0.4, -0.2) is 4.98 Å². The highest BCUT2D eigenvalue weighted by Gasteiger charge is 2.12. The second kappa shape index (κ2) is 5.60. The molecule has 96 valence electrons. The number of nitrogens with zero attached hydrogens (tertiary/aromatic N) is 2. The summed E-state index contributed by atoms with van der Waals surface area (Å²) in [6.07, 6.45) is 0. The molecule has 0 radical (unpaired) electrons. The quantitative estimate of drug-likeness (QED) is 0.792. The van der Waals surface area contributed by atoms with Crippen molar-refractivity contribution in [3.8, 4) is 17.6 Å². The van der Waals surface area contributed by atoms with Gasteiger partial charge < -0.3 is 4.74 Å². The van der Waals surface area contributed by atoms with Crippen LogP contribution in [0.15, 0.2) is 28.7 Å². The minimum atomic E-state index is 0.421. The monoisotopic (exact) mass is 336 g/mol. The summed E-state index contributed by atoms with van der Waals surface area (Å²) in [6, 6.07) is 9.14. The van der Waals surface area contributed by atoms with Gasteiger partial charge in [0.1, 0.15) is 23.1 Å². The first-order valence-corrected chi connectivity index (χ1v) is 6.69. The van der Waals surface area contributed by atoms with E-state index in [0.29, 0.717) is 27.8 Å². The second-order valence-electron chi connectivity index (χ2n) is 4.01. The molecule has 0 aliphatic rings. The van der Waals surface area contributed by atoms with Gasteiger partial charge in [0, 0.05) is 16.2 Å². The Balaban J connectivity index is 2.46. The van der Waals surface area contributed by atoms with Gasteiger partial charge in [-0.15, -0.1) is 0 Å². The summed E-state index contributed by atoms with van der Waals surface area (Å²) < 4.78 is 6.60. The van der Waals surface area contributed by atoms with E-state index in [1.807, 2.05) is 13.0 Å². The molecule has 0 fully saturated rings. The summed E-state index contributed by atoms with van der Waals surface area (Å²) in [6.45, 7) is 3.63. The van der Waals surface area contributed by atoms with E-state index < -0.39 is 0 Å². The number of aryl methyl sites for hydroxylation is 2. The fourth-order valence-corrected chi connectivity index (χ4v) is 2.40. The zero-order chi connectivity index (χ0) is 14.0. The normalized spacial score (nSPS) is 10.1. The Kier molecular flexibility index (Phi) is 4.08. The van der Waals surface area contributed by atoms with Gasteiger partial charge in [0.05, 0.1) is 10.7 Å². The molecule has 1 aromatic heterocycles. The molecule has 2 aromatic rings. The van der Waals surface area contributed by atoms with Crippen molar-refractivity contribution in [2.24, 2.45) is 0 Å². The largest absolute Gasteiger partial charge is 0.454 e. The van der Waals surface area contributed by atoms with Crippen LogP contribution in [0.1, 0.15) is 17.0 Å². The van der Waals surface area contributed by atoms with E-state index in [1.165, 1.54) is 0 Å². The molecule has 0 aliphatic carbocycles. The highest BCUT2D eigenvalue weighted by Crippen LogP contribution is 2.33. The molecule has 0 unspecified atom stereocenters. The molecule has 0 bridgehead atoms. The van der Waals surface area contributed by atoms with E-state index in [1.54, 1.807) is 25.1 Å². The van der Waals surface area contributed by atoms with Gasteiger partial charge in [-0.3, -0.25) is 4.98 Å². The van der Waals surface area contributed by atoms with Crippen molar-refractivity contribution >= 4 is 27.5 Å². The molecule has 0 saturated carbocycles. The van der Waals surface area contributed by atoms with Crippen LogP contribution in [0.3, 0.4) is 0 Å². The van der Waals surface area contributed by atoms with Crippen molar-refractivity contribution in [3.63, 3.8) is 0 Å². The van der Waals surface area contributed by atoms with Crippen molar-refractivity contribution in [2.45, 2.75) is 13.8 Å². The van der Waals surface area contributed by atoms with Crippen LogP contribution >= 0.6 is 27.5 Å². The van der Waals surface area contributed by atoms with Crippen LogP contribution in [0, 0.1) is 25.2 Å². The minimum Gasteiger partial charge on any atom is -0.454 e. The Morgan fingerprint density at radius 2 is 2.00 bits per heavy atom. The van der Waals surface area contributed by atoms with Gasteiger partial charge in [0.2, 0.25) is 0 Å². The summed E-state index contributed by atoms with van der Waals surface area (Å²) in [5, 5.41) is 9.65. The zero-order valence-corrected chi connectivity index (χ0v) is 12.7. The van der Waals surface area contributed by atoms with Gasteiger partial charge in [-0.05, 0) is 32.0 Å². The molecule has 19 heavy (non-hydrogen) atoms. The first kappa shape index (κ1) is 13.9. The number of benzene rings is 1. The van der Waals surface area contributed by atoms with Crippen LogP contribution < -0.4 is 4.74 Å². The van der Waals surface area contributed by atoms with Crippen LogP contribution in [0.5, 0.6) is 11.5 Å². The Morgan fingerprint density at radius 1 is 1.26 bits per heavy atom. The number of ether oxygens (including phenoxy) is 1. The summed E-state index contributed by atoms with van der Waals surface area (Å²) >= 11 is 9.43. The number of hydrogen-bond acceptors (Lipinski definition) is 3. The molecule has 0 atom stereocenters. The van der Waals surface area contributed by atoms with E-state index in [9.17, 15) is 5.26 Å². The first-order valence-electron chi connectivity index (χ1n) is 5.52. The third kappa shape index (κ3) is 3.06. The highest BCUT2D eigenvalue weighted by atomic mass is 79.9. The van der Waals surface area contributed by atoms with Crippen LogP contribution in [0.2, 0.25) is 5.02 Å². The lowest BCUT2D eigenvalue weighted by Gasteiger charge is -2.11. The fraction of sp³-hybridized carbons (Fsp3) is 0.143. The maximum atomic E-state index is 9.17. The SMILES string of the molecule is Cc1cc(Oc2ccc(Br)cc2Cl)c(C#N)c(C)n1. The van der Waals surface area contributed by atoms with Crippen molar-refractivity contribution in [1.29, 1.82) is 5.26 Å². The molecule has 1 aromatic carbocycles. The van der Waals surface area contributed by atoms with Crippen LogP contribution in [-0.2, 0) is 0 Å². The second-order valence-corrected chi connectivity index (χ2v) is 5.33. The minimum absolute atomic E-state index is 0.421. The number of halogens is 2. The highest BCUT2D eigenvalue weighted by molar-refractivity contribution is 9.10. The first-order chi connectivity index (χ1) is 9.01. The molecule has 2 rings (SSSR count). The Morgan fingerprint density at radius 3 is 2.63 bits per heavy atom. The van der Waals surface area contributed by atoms with E-state index in [0.717, 1.165) is 10.2 Å². The number of rotatable bonds is 2. The molecule has 1 heterocycles. The predicted octanol–water partition coefficient (Wildman–Crippen LogP) is 4.78. The lowest BCUT2D eigenvalue weighted by molar-refractivity contribution is 0.479. The van der Waals surface area contributed by atoms with Gasteiger partial charge in [-0.25, -0.2) is 0 Å². The van der Waals surface area contributed by atoms with Gasteiger partial charge in [0.25, 0.3) is 0 Å². The summed E-state index contributed by atoms with van der Waals surface area (Å²) in [5.74, 6) is 0.975. The molecule has 0 N–H and O–H groups in total. The third-order valence-electron chi connectivity index (χ3n) is 2.52. The Hall–Kier alpha value is -1.57. The van der Waals surface area contributed by atoms with Crippen molar-refractivity contribution < 1.29 is 4.74 Å². The van der Waals surface area contributed by atoms with Crippen molar-refractivity contribution in [3.05, 3.63) is 50.7 Å². The third-order valence-corrected chi connectivity index (χ3v) is 3.31. The van der Waals surface area contributed by atoms with E-state index >= 15 is 0 Å². The molecule has 3 nitrogen and oxygen atoms in total. The molecular formula is C14H10BrClN2O. The topological polar surface area (TPSA) is 45.9 Å². The number of pyridine rings is 1. The van der Waals surface area contributed by atoms with E-state index in [2.05, 4.69) is 27.0 Å². The van der Waals surface area contributed by atoms with Crippen molar-refractivity contribution in [1.82, 2.24) is 4.98 Å². The van der Waals surface area contributed by atoms with Gasteiger partial charge in [-0.1, -0.05) is 27.5 Å². The smallest absolute Gasteiger partial charge is 0.148 e. The number of nitriles is 1. The number of aromatic nitrogens is 1. The predicted molar refractivity (Wildman–Crippen MR) is 77.7 cm³/mol. The fourth-order valence-electron chi connectivity index (χ4n) is 1.69. The summed E-state index contributed by atoms with van der Waals surface area (Å²) in [5.41, 5.74) is 1.86. The average molecular weight is 338 g/mol. The summed E-state index contributed by atoms with van der Waals surface area (Å²) in [7, 11) is 0. The van der Waals surface area contributed by atoms with Crippen LogP contribution in [0.25, 0.3) is 0 Å². The Labute approximate surface area is 124 Å². The number of hydrogen-bond donors (Lipinski definition) is 0. The van der Waals surface area contributed by atoms with E-state index in [-0.39, 0.29) is 0 Å². The van der Waals surface area contributed by atoms with Crippen LogP contribution in [0.4, 0.5) is 0 Å². The molecule has 0 spiro atoms. The maximum absolute atomic E-state index is 9.17. The summed E-state index contributed by atoms with van der Waals surface area (Å²) in [4.78, 5) is 4.24. The average Bonchev–Trinajstić information content (AvgIpc) is 2.32. The lowest BCUT2D eigenvalue weighted by atomic mass is 10.2.